The van der Waals surface area contributed by atoms with E-state index in [9.17, 15) is 13.2 Å². The molecule has 0 atom stereocenters. The van der Waals surface area contributed by atoms with Crippen molar-refractivity contribution in [3.05, 3.63) is 89.7 Å². The molecule has 1 amide bonds. The molecule has 2 heterocycles. The van der Waals surface area contributed by atoms with Crippen LogP contribution in [0, 0.1) is 0 Å². The molecule has 0 aliphatic carbocycles. The van der Waals surface area contributed by atoms with Gasteiger partial charge in [0.15, 0.2) is 0 Å². The van der Waals surface area contributed by atoms with Gasteiger partial charge in [0, 0.05) is 25.0 Å². The third-order valence-corrected chi connectivity index (χ3v) is 6.96. The Morgan fingerprint density at radius 1 is 0.969 bits per heavy atom. The molecule has 0 radical (unpaired) electrons. The summed E-state index contributed by atoms with van der Waals surface area (Å²) in [7, 11) is -3.80. The Hall–Kier alpha value is -3.33. The summed E-state index contributed by atoms with van der Waals surface area (Å²) >= 11 is 0. The average molecular weight is 450 g/mol. The summed E-state index contributed by atoms with van der Waals surface area (Å²) in [5.41, 5.74) is 2.37. The van der Waals surface area contributed by atoms with E-state index in [2.05, 4.69) is 10.3 Å². The molecule has 32 heavy (non-hydrogen) atoms. The van der Waals surface area contributed by atoms with Crippen molar-refractivity contribution in [1.82, 2.24) is 9.29 Å². The highest BCUT2D eigenvalue weighted by Crippen LogP contribution is 2.23. The standard InChI is InChI=1S/C24H23N3O4S/c28-24(22-9-1-2-10-23(22)32(29,30)27-14-16-31-17-15-27)26-21-8-5-6-19(18-21)11-12-20-7-3-4-13-25-20/h1-13,18H,14-17H2,(H,26,28)/b12-11+. The molecule has 4 rings (SSSR count). The molecule has 1 aromatic heterocycles. The van der Waals surface area contributed by atoms with Crippen molar-refractivity contribution in [3.63, 3.8) is 0 Å². The van der Waals surface area contributed by atoms with Crippen LogP contribution in [-0.4, -0.2) is 49.9 Å². The van der Waals surface area contributed by atoms with E-state index in [1.54, 1.807) is 24.4 Å². The van der Waals surface area contributed by atoms with Gasteiger partial charge in [0.2, 0.25) is 10.0 Å². The molecule has 3 aromatic rings. The first-order chi connectivity index (χ1) is 15.5. The molecular weight excluding hydrogens is 426 g/mol. The second-order valence-corrected chi connectivity index (χ2v) is 9.09. The number of amides is 1. The summed E-state index contributed by atoms with van der Waals surface area (Å²) in [4.78, 5) is 17.2. The zero-order valence-corrected chi connectivity index (χ0v) is 18.2. The van der Waals surface area contributed by atoms with Gasteiger partial charge in [0.1, 0.15) is 0 Å². The van der Waals surface area contributed by atoms with Crippen LogP contribution in [0.3, 0.4) is 0 Å². The van der Waals surface area contributed by atoms with Crippen molar-refractivity contribution in [2.24, 2.45) is 0 Å². The fraction of sp³-hybridized carbons (Fsp3) is 0.167. The average Bonchev–Trinajstić information content (AvgIpc) is 2.84. The lowest BCUT2D eigenvalue weighted by molar-refractivity contribution is 0.0730. The summed E-state index contributed by atoms with van der Waals surface area (Å²) in [6.07, 6.45) is 5.50. The number of carbonyl (C=O) groups is 1. The molecule has 0 spiro atoms. The lowest BCUT2D eigenvalue weighted by atomic mass is 10.1. The van der Waals surface area contributed by atoms with Gasteiger partial charge in [-0.25, -0.2) is 8.42 Å². The lowest BCUT2D eigenvalue weighted by Gasteiger charge is -2.26. The molecule has 1 saturated heterocycles. The number of benzene rings is 2. The van der Waals surface area contributed by atoms with Crippen LogP contribution < -0.4 is 5.32 Å². The van der Waals surface area contributed by atoms with Gasteiger partial charge in [-0.3, -0.25) is 9.78 Å². The fourth-order valence-corrected chi connectivity index (χ4v) is 4.98. The van der Waals surface area contributed by atoms with E-state index in [1.807, 2.05) is 48.6 Å². The minimum absolute atomic E-state index is 0.00870. The number of carbonyl (C=O) groups excluding carboxylic acids is 1. The van der Waals surface area contributed by atoms with Gasteiger partial charge in [-0.1, -0.05) is 36.4 Å². The molecule has 164 valence electrons. The fourth-order valence-electron chi connectivity index (χ4n) is 3.38. The second-order valence-electron chi connectivity index (χ2n) is 7.18. The molecule has 0 bridgehead atoms. The Bertz CT molecular complexity index is 1220. The zero-order chi connectivity index (χ0) is 22.4. The lowest BCUT2D eigenvalue weighted by Crippen LogP contribution is -2.41. The highest BCUT2D eigenvalue weighted by atomic mass is 32.2. The normalized spacial score (nSPS) is 15.0. The molecule has 2 aromatic carbocycles. The maximum Gasteiger partial charge on any atom is 0.257 e. The minimum atomic E-state index is -3.80. The van der Waals surface area contributed by atoms with Gasteiger partial charge in [-0.15, -0.1) is 0 Å². The van der Waals surface area contributed by atoms with Crippen LogP contribution in [0.1, 0.15) is 21.6 Å². The van der Waals surface area contributed by atoms with E-state index in [-0.39, 0.29) is 23.5 Å². The third-order valence-electron chi connectivity index (χ3n) is 5.00. The first-order valence-corrected chi connectivity index (χ1v) is 11.7. The first-order valence-electron chi connectivity index (χ1n) is 10.2. The number of nitrogens with zero attached hydrogens (tertiary/aromatic N) is 2. The minimum Gasteiger partial charge on any atom is -0.379 e. The predicted octanol–water partition coefficient (Wildman–Crippen LogP) is 3.53. The molecule has 1 aliphatic heterocycles. The van der Waals surface area contributed by atoms with E-state index in [4.69, 9.17) is 4.74 Å². The number of aromatic nitrogens is 1. The number of pyridine rings is 1. The number of ether oxygens (including phenoxy) is 1. The molecule has 8 heteroatoms. The molecule has 1 fully saturated rings. The Morgan fingerprint density at radius 2 is 1.75 bits per heavy atom. The van der Waals surface area contributed by atoms with E-state index in [0.717, 1.165) is 11.3 Å². The Morgan fingerprint density at radius 3 is 2.53 bits per heavy atom. The quantitative estimate of drug-likeness (QED) is 0.622. The van der Waals surface area contributed by atoms with Crippen LogP contribution in [0.15, 0.2) is 77.8 Å². The van der Waals surface area contributed by atoms with Gasteiger partial charge < -0.3 is 10.1 Å². The number of hydrogen-bond donors (Lipinski definition) is 1. The summed E-state index contributed by atoms with van der Waals surface area (Å²) in [6, 6.07) is 19.2. The second kappa shape index (κ2) is 9.86. The van der Waals surface area contributed by atoms with E-state index in [0.29, 0.717) is 18.9 Å². The molecule has 1 N–H and O–H groups in total. The number of hydrogen-bond acceptors (Lipinski definition) is 5. The van der Waals surface area contributed by atoms with Crippen molar-refractivity contribution in [2.45, 2.75) is 4.90 Å². The molecule has 7 nitrogen and oxygen atoms in total. The van der Waals surface area contributed by atoms with Crippen LogP contribution >= 0.6 is 0 Å². The van der Waals surface area contributed by atoms with Gasteiger partial charge in [-0.2, -0.15) is 4.31 Å². The van der Waals surface area contributed by atoms with Gasteiger partial charge in [-0.05, 0) is 48.0 Å². The van der Waals surface area contributed by atoms with Crippen LogP contribution in [0.4, 0.5) is 5.69 Å². The number of morpholine rings is 1. The smallest absolute Gasteiger partial charge is 0.257 e. The Kier molecular flexibility index (Phi) is 6.75. The van der Waals surface area contributed by atoms with Crippen molar-refractivity contribution in [3.8, 4) is 0 Å². The van der Waals surface area contributed by atoms with Crippen LogP contribution in [0.5, 0.6) is 0 Å². The molecule has 0 saturated carbocycles. The van der Waals surface area contributed by atoms with E-state index >= 15 is 0 Å². The number of anilines is 1. The monoisotopic (exact) mass is 449 g/mol. The molecule has 0 unspecified atom stereocenters. The van der Waals surface area contributed by atoms with Gasteiger partial charge >= 0.3 is 0 Å². The molecule has 1 aliphatic rings. The number of rotatable bonds is 6. The van der Waals surface area contributed by atoms with Crippen molar-refractivity contribution in [2.75, 3.05) is 31.6 Å². The van der Waals surface area contributed by atoms with Crippen molar-refractivity contribution in [1.29, 1.82) is 0 Å². The summed E-state index contributed by atoms with van der Waals surface area (Å²) in [6.45, 7) is 1.21. The van der Waals surface area contributed by atoms with Crippen LogP contribution in [0.25, 0.3) is 12.2 Å². The highest BCUT2D eigenvalue weighted by Gasteiger charge is 2.30. The zero-order valence-electron chi connectivity index (χ0n) is 17.3. The first kappa shape index (κ1) is 21.9. The SMILES string of the molecule is O=C(Nc1cccc(/C=C/c2ccccn2)c1)c1ccccc1S(=O)(=O)N1CCOCC1. The van der Waals surface area contributed by atoms with Crippen LogP contribution in [-0.2, 0) is 14.8 Å². The third kappa shape index (κ3) is 5.11. The summed E-state index contributed by atoms with van der Waals surface area (Å²) in [5, 5.41) is 2.82. The maximum atomic E-state index is 13.1. The Balaban J connectivity index is 1.54. The van der Waals surface area contributed by atoms with Gasteiger partial charge in [0.05, 0.1) is 29.4 Å². The maximum absolute atomic E-state index is 13.1. The van der Waals surface area contributed by atoms with E-state index < -0.39 is 15.9 Å². The number of nitrogens with one attached hydrogen (secondary N) is 1. The van der Waals surface area contributed by atoms with E-state index in [1.165, 1.54) is 16.4 Å². The summed E-state index contributed by atoms with van der Waals surface area (Å²) < 4.78 is 32.8. The van der Waals surface area contributed by atoms with Crippen molar-refractivity contribution >= 4 is 33.8 Å². The Labute approximate surface area is 187 Å². The number of sulfonamides is 1. The van der Waals surface area contributed by atoms with Gasteiger partial charge in [0.25, 0.3) is 5.91 Å². The van der Waals surface area contributed by atoms with Crippen molar-refractivity contribution < 1.29 is 17.9 Å². The largest absolute Gasteiger partial charge is 0.379 e. The topological polar surface area (TPSA) is 88.6 Å². The molecular formula is C24H23N3O4S. The predicted molar refractivity (Wildman–Crippen MR) is 124 cm³/mol. The highest BCUT2D eigenvalue weighted by molar-refractivity contribution is 7.89. The summed E-state index contributed by atoms with van der Waals surface area (Å²) in [5.74, 6) is -0.483. The van der Waals surface area contributed by atoms with Crippen LogP contribution in [0.2, 0.25) is 0 Å².